The van der Waals surface area contributed by atoms with Crippen molar-refractivity contribution in [3.63, 3.8) is 0 Å². The first-order chi connectivity index (χ1) is 19.5. The van der Waals surface area contributed by atoms with Crippen LogP contribution in [0.25, 0.3) is 20.7 Å². The molecule has 2 aromatic carbocycles. The van der Waals surface area contributed by atoms with Crippen molar-refractivity contribution in [3.8, 4) is 22.3 Å². The number of rotatable bonds is 13. The van der Waals surface area contributed by atoms with Crippen molar-refractivity contribution in [1.82, 2.24) is 9.97 Å². The number of ether oxygens (including phenoxy) is 1. The molecule has 2 aromatic heterocycles. The van der Waals surface area contributed by atoms with Gasteiger partial charge in [-0.3, -0.25) is 0 Å². The molecule has 0 saturated heterocycles. The number of hydrogen-bond donors (Lipinski definition) is 4. The summed E-state index contributed by atoms with van der Waals surface area (Å²) in [7, 11) is 0. The Morgan fingerprint density at radius 2 is 1.80 bits per heavy atom. The summed E-state index contributed by atoms with van der Waals surface area (Å²) in [5.74, 6) is 1.03. The third-order valence-corrected chi connectivity index (χ3v) is 7.18. The van der Waals surface area contributed by atoms with E-state index in [0.29, 0.717) is 39.6 Å². The van der Waals surface area contributed by atoms with Crippen molar-refractivity contribution < 1.29 is 25.2 Å². The van der Waals surface area contributed by atoms with Crippen molar-refractivity contribution in [3.05, 3.63) is 66.0 Å². The molecule has 2 heterocycles. The molecule has 12 heteroatoms. The van der Waals surface area contributed by atoms with E-state index in [4.69, 9.17) is 4.74 Å². The Labute approximate surface area is 235 Å². The molecule has 0 aliphatic carbocycles. The van der Waals surface area contributed by atoms with E-state index < -0.39 is 25.4 Å². The minimum absolute atomic E-state index is 0.0752. The minimum atomic E-state index is -1.01. The summed E-state index contributed by atoms with van der Waals surface area (Å²) in [6.45, 7) is 1.91. The van der Waals surface area contributed by atoms with Crippen LogP contribution < -0.4 is 9.64 Å². The summed E-state index contributed by atoms with van der Waals surface area (Å²) in [6.07, 6.45) is -0.660. The van der Waals surface area contributed by atoms with E-state index in [1.807, 2.05) is 49.4 Å². The molecule has 0 aliphatic rings. The van der Waals surface area contributed by atoms with E-state index in [0.717, 1.165) is 16.0 Å². The lowest BCUT2D eigenvalue weighted by atomic mass is 10.1. The molecule has 208 valence electrons. The minimum Gasteiger partial charge on any atom is -0.493 e. The first kappa shape index (κ1) is 29.0. The molecular formula is C28H30N6O5S. The van der Waals surface area contributed by atoms with Crippen LogP contribution in [0.4, 0.5) is 11.5 Å². The summed E-state index contributed by atoms with van der Waals surface area (Å²) in [4.78, 5) is 11.1. The molecule has 11 nitrogen and oxygen atoms in total. The fraction of sp³-hybridized carbons (Fsp3) is 0.321. The van der Waals surface area contributed by atoms with Gasteiger partial charge in [-0.2, -0.15) is 10.4 Å². The lowest BCUT2D eigenvalue weighted by Crippen LogP contribution is -2.40. The Morgan fingerprint density at radius 1 is 1.05 bits per heavy atom. The topological polar surface area (TPSA) is 168 Å². The van der Waals surface area contributed by atoms with Gasteiger partial charge < -0.3 is 30.1 Å². The number of aliphatic hydroxyl groups excluding tert-OH is 4. The second kappa shape index (κ2) is 13.9. The Hall–Kier alpha value is -3.99. The van der Waals surface area contributed by atoms with E-state index in [2.05, 4.69) is 26.3 Å². The van der Waals surface area contributed by atoms with Crippen LogP contribution in [0.3, 0.4) is 0 Å². The predicted molar refractivity (Wildman–Crippen MR) is 152 cm³/mol. The smallest absolute Gasteiger partial charge is 0.195 e. The van der Waals surface area contributed by atoms with Crippen molar-refractivity contribution in [2.24, 2.45) is 10.2 Å². The number of azo groups is 1. The summed E-state index contributed by atoms with van der Waals surface area (Å²) < 4.78 is 6.41. The number of nitriles is 1. The van der Waals surface area contributed by atoms with Crippen molar-refractivity contribution >= 4 is 33.1 Å². The standard InChI is InChI=1S/C28H30N6O5S/c1-2-39-24-9-4-3-8-22(24)26-23(11-29)25-27(40-26)28(31-17-30-25)33-32-12-18-6-5-7-19(10-18)34(13-20(37)15-35)14-21(38)16-36/h3-10,17,20-21,35-38H,2,12-16H2,1H3. The van der Waals surface area contributed by atoms with E-state index >= 15 is 0 Å². The maximum absolute atomic E-state index is 9.95. The maximum Gasteiger partial charge on any atom is 0.195 e. The molecule has 4 aromatic rings. The highest BCUT2D eigenvalue weighted by atomic mass is 32.1. The molecule has 2 unspecified atom stereocenters. The number of aliphatic hydroxyl groups is 4. The van der Waals surface area contributed by atoms with Crippen LogP contribution in [0, 0.1) is 11.3 Å². The first-order valence-electron chi connectivity index (χ1n) is 12.7. The van der Waals surface area contributed by atoms with Crippen LogP contribution >= 0.6 is 11.3 Å². The molecule has 40 heavy (non-hydrogen) atoms. The summed E-state index contributed by atoms with van der Waals surface area (Å²) in [5, 5.41) is 57.1. The normalized spacial score (nSPS) is 12.9. The third-order valence-electron chi connectivity index (χ3n) is 5.97. The average molecular weight is 563 g/mol. The first-order valence-corrected chi connectivity index (χ1v) is 13.5. The SMILES string of the molecule is CCOc1ccccc1-c1sc2c(N=NCc3cccc(N(CC(O)CO)CC(O)CO)c3)ncnc2c1C#N. The van der Waals surface area contributed by atoms with Gasteiger partial charge >= 0.3 is 0 Å². The molecular weight excluding hydrogens is 532 g/mol. The third kappa shape index (κ3) is 6.77. The number of thiophene rings is 1. The molecule has 0 saturated carbocycles. The van der Waals surface area contributed by atoms with Crippen LogP contribution in [0.5, 0.6) is 5.75 Å². The Morgan fingerprint density at radius 3 is 2.50 bits per heavy atom. The fourth-order valence-corrected chi connectivity index (χ4v) is 5.31. The van der Waals surface area contributed by atoms with Gasteiger partial charge in [0.2, 0.25) is 0 Å². The fourth-order valence-electron chi connectivity index (χ4n) is 4.14. The number of aromatic nitrogens is 2. The number of nitrogens with zero attached hydrogens (tertiary/aromatic N) is 6. The molecule has 2 atom stereocenters. The van der Waals surface area contributed by atoms with Gasteiger partial charge in [-0.1, -0.05) is 24.3 Å². The summed E-state index contributed by atoms with van der Waals surface area (Å²) >= 11 is 1.36. The quantitative estimate of drug-likeness (QED) is 0.178. The van der Waals surface area contributed by atoms with E-state index in [1.165, 1.54) is 17.7 Å². The molecule has 0 aliphatic heterocycles. The summed E-state index contributed by atoms with van der Waals surface area (Å²) in [6, 6.07) is 17.1. The van der Waals surface area contributed by atoms with Gasteiger partial charge in [0.25, 0.3) is 0 Å². The Kier molecular flexibility index (Phi) is 10.1. The Bertz CT molecular complexity index is 1490. The molecule has 0 radical (unpaired) electrons. The van der Waals surface area contributed by atoms with Crippen molar-refractivity contribution in [1.29, 1.82) is 5.26 Å². The molecule has 4 N–H and O–H groups in total. The molecule has 0 fully saturated rings. The van der Waals surface area contributed by atoms with Crippen molar-refractivity contribution in [2.45, 2.75) is 25.7 Å². The number of fused-ring (bicyclic) bond motifs is 1. The lowest BCUT2D eigenvalue weighted by Gasteiger charge is -2.28. The van der Waals surface area contributed by atoms with Crippen LogP contribution in [0.1, 0.15) is 18.1 Å². The van der Waals surface area contributed by atoms with Gasteiger partial charge in [-0.05, 0) is 36.8 Å². The average Bonchev–Trinajstić information content (AvgIpc) is 3.36. The number of anilines is 1. The largest absolute Gasteiger partial charge is 0.493 e. The zero-order chi connectivity index (χ0) is 28.5. The second-order valence-corrected chi connectivity index (χ2v) is 9.89. The van der Waals surface area contributed by atoms with Gasteiger partial charge in [0.05, 0.1) is 49.0 Å². The zero-order valence-corrected chi connectivity index (χ0v) is 22.7. The van der Waals surface area contributed by atoms with E-state index in [1.54, 1.807) is 11.0 Å². The van der Waals surface area contributed by atoms with Crippen molar-refractivity contribution in [2.75, 3.05) is 37.8 Å². The van der Waals surface area contributed by atoms with E-state index in [-0.39, 0.29) is 19.6 Å². The maximum atomic E-state index is 9.95. The van der Waals surface area contributed by atoms with Gasteiger partial charge in [-0.25, -0.2) is 9.97 Å². The number of benzene rings is 2. The van der Waals surface area contributed by atoms with Gasteiger partial charge in [0.1, 0.15) is 28.4 Å². The molecule has 0 amide bonds. The predicted octanol–water partition coefficient (Wildman–Crippen LogP) is 3.43. The zero-order valence-electron chi connectivity index (χ0n) is 21.9. The highest BCUT2D eigenvalue weighted by Crippen LogP contribution is 2.43. The molecule has 4 rings (SSSR count). The monoisotopic (exact) mass is 562 g/mol. The highest BCUT2D eigenvalue weighted by molar-refractivity contribution is 7.23. The Balaban J connectivity index is 1.61. The van der Waals surface area contributed by atoms with Crippen LogP contribution in [0.15, 0.2) is 65.1 Å². The van der Waals surface area contributed by atoms with Gasteiger partial charge in [-0.15, -0.1) is 16.5 Å². The second-order valence-electron chi connectivity index (χ2n) is 8.87. The van der Waals surface area contributed by atoms with Crippen LogP contribution in [-0.4, -0.2) is 75.5 Å². The van der Waals surface area contributed by atoms with Crippen LogP contribution in [0.2, 0.25) is 0 Å². The van der Waals surface area contributed by atoms with Crippen LogP contribution in [-0.2, 0) is 6.54 Å². The molecule has 0 bridgehead atoms. The highest BCUT2D eigenvalue weighted by Gasteiger charge is 2.21. The van der Waals surface area contributed by atoms with E-state index in [9.17, 15) is 25.7 Å². The van der Waals surface area contributed by atoms with Gasteiger partial charge in [0, 0.05) is 24.3 Å². The summed E-state index contributed by atoms with van der Waals surface area (Å²) in [5.41, 5.74) is 3.22. The molecule has 0 spiro atoms. The lowest BCUT2D eigenvalue weighted by molar-refractivity contribution is 0.0839. The van der Waals surface area contributed by atoms with Gasteiger partial charge in [0.15, 0.2) is 5.82 Å². The number of para-hydroxylation sites is 1. The number of hydrogen-bond acceptors (Lipinski definition) is 12.